The number of hydrogen-bond acceptors (Lipinski definition) is 0. The van der Waals surface area contributed by atoms with Crippen molar-refractivity contribution in [2.75, 3.05) is 0 Å². The molecule has 0 fully saturated rings. The summed E-state index contributed by atoms with van der Waals surface area (Å²) in [6.07, 6.45) is 10.2. The minimum absolute atomic E-state index is 0.859. The Labute approximate surface area is 280 Å². The molecule has 0 saturated heterocycles. The standard InChI is InChI=1S/C45H34P2/c1-6-18-34-30-32-42(46(36-20-7-2-8-21-36)37-22-9-3-10-23-37)44(40(34)28-15-1)45-41-29-17-16-19-35(41)31-33-43(45)47(38-24-11-4-12-25-38)39-26-13-5-14-27-39/h2-33H,1H2. The molecule has 0 amide bonds. The molecule has 0 aromatic heterocycles. The second-order valence-corrected chi connectivity index (χ2v) is 16.1. The molecule has 0 heterocycles. The van der Waals surface area contributed by atoms with Gasteiger partial charge in [-0.15, -0.1) is 0 Å². The van der Waals surface area contributed by atoms with Crippen molar-refractivity contribution in [3.8, 4) is 11.1 Å². The molecule has 1 aliphatic rings. The Bertz CT molecular complexity index is 2120. The van der Waals surface area contributed by atoms with Crippen LogP contribution in [0.5, 0.6) is 0 Å². The summed E-state index contributed by atoms with van der Waals surface area (Å²) in [5.41, 5.74) is 5.30. The van der Waals surface area contributed by atoms with Crippen LogP contribution in [0.3, 0.4) is 0 Å². The number of hydrogen-bond donors (Lipinski definition) is 0. The van der Waals surface area contributed by atoms with Gasteiger partial charge in [-0.2, -0.15) is 0 Å². The molecule has 0 spiro atoms. The second kappa shape index (κ2) is 13.5. The SMILES string of the molecule is C1=Cc2ccc(P(c3ccccc3)c3ccccc3)c(-c3c(P(c4ccccc4)c4ccccc4)ccc4ccccc34)c2C=CC1. The van der Waals surface area contributed by atoms with E-state index in [9.17, 15) is 0 Å². The third kappa shape index (κ3) is 5.81. The van der Waals surface area contributed by atoms with Crippen molar-refractivity contribution in [2.45, 2.75) is 6.42 Å². The van der Waals surface area contributed by atoms with E-state index in [1.165, 1.54) is 64.9 Å². The van der Waals surface area contributed by atoms with Gasteiger partial charge in [-0.1, -0.05) is 194 Å². The van der Waals surface area contributed by atoms with Gasteiger partial charge in [0.25, 0.3) is 0 Å². The number of benzene rings is 7. The first-order valence-corrected chi connectivity index (χ1v) is 18.9. The quantitative estimate of drug-likeness (QED) is 0.153. The van der Waals surface area contributed by atoms with Crippen molar-refractivity contribution >= 4 is 70.6 Å². The zero-order valence-corrected chi connectivity index (χ0v) is 27.9. The zero-order valence-electron chi connectivity index (χ0n) is 26.1. The average Bonchev–Trinajstić information content (AvgIpc) is 3.40. The predicted octanol–water partition coefficient (Wildman–Crippen LogP) is 9.45. The van der Waals surface area contributed by atoms with E-state index in [1.54, 1.807) is 0 Å². The fraction of sp³-hybridized carbons (Fsp3) is 0.0222. The van der Waals surface area contributed by atoms with Crippen LogP contribution in [-0.2, 0) is 0 Å². The van der Waals surface area contributed by atoms with E-state index in [4.69, 9.17) is 0 Å². The highest BCUT2D eigenvalue weighted by Gasteiger charge is 2.28. The van der Waals surface area contributed by atoms with Crippen molar-refractivity contribution in [3.05, 3.63) is 193 Å². The lowest BCUT2D eigenvalue weighted by molar-refractivity contribution is 1.44. The summed E-state index contributed by atoms with van der Waals surface area (Å²) in [6, 6.07) is 63.0. The van der Waals surface area contributed by atoms with Crippen molar-refractivity contribution < 1.29 is 0 Å². The van der Waals surface area contributed by atoms with Crippen LogP contribution in [0.2, 0.25) is 0 Å². The maximum absolute atomic E-state index is 2.43. The smallest absolute Gasteiger partial charge is 0.000884 e. The fourth-order valence-corrected chi connectivity index (χ4v) is 11.7. The first-order valence-electron chi connectivity index (χ1n) is 16.2. The van der Waals surface area contributed by atoms with Gasteiger partial charge in [-0.25, -0.2) is 0 Å². The third-order valence-corrected chi connectivity index (χ3v) is 13.8. The molecule has 0 N–H and O–H groups in total. The van der Waals surface area contributed by atoms with Crippen LogP contribution in [-0.4, -0.2) is 0 Å². The zero-order chi connectivity index (χ0) is 31.4. The van der Waals surface area contributed by atoms with Crippen LogP contribution < -0.4 is 31.8 Å². The summed E-state index contributed by atoms with van der Waals surface area (Å²) in [5, 5.41) is 10.8. The molecule has 7 aromatic rings. The van der Waals surface area contributed by atoms with Gasteiger partial charge in [0.15, 0.2) is 0 Å². The van der Waals surface area contributed by atoms with E-state index in [2.05, 4.69) is 194 Å². The normalized spacial score (nSPS) is 12.4. The maximum atomic E-state index is 2.43. The largest absolute Gasteiger partial charge is 0.0801 e. The summed E-state index contributed by atoms with van der Waals surface area (Å²) < 4.78 is 0. The van der Waals surface area contributed by atoms with Gasteiger partial charge in [0.1, 0.15) is 0 Å². The van der Waals surface area contributed by atoms with Crippen LogP contribution in [0.1, 0.15) is 17.5 Å². The van der Waals surface area contributed by atoms with Crippen molar-refractivity contribution in [3.63, 3.8) is 0 Å². The highest BCUT2D eigenvalue weighted by Crippen LogP contribution is 2.45. The molecule has 0 radical (unpaired) electrons. The average molecular weight is 637 g/mol. The van der Waals surface area contributed by atoms with Gasteiger partial charge < -0.3 is 0 Å². The number of allylic oxidation sites excluding steroid dienone is 2. The van der Waals surface area contributed by atoms with Gasteiger partial charge in [0.05, 0.1) is 0 Å². The van der Waals surface area contributed by atoms with Crippen LogP contribution in [0.15, 0.2) is 182 Å². The molecule has 1 aliphatic carbocycles. The molecule has 7 aromatic carbocycles. The van der Waals surface area contributed by atoms with Crippen molar-refractivity contribution in [1.29, 1.82) is 0 Å². The highest BCUT2D eigenvalue weighted by atomic mass is 31.1. The molecule has 0 saturated carbocycles. The first-order chi connectivity index (χ1) is 23.4. The van der Waals surface area contributed by atoms with Crippen LogP contribution in [0.4, 0.5) is 0 Å². The van der Waals surface area contributed by atoms with Crippen LogP contribution >= 0.6 is 15.8 Å². The number of rotatable bonds is 7. The Morgan fingerprint density at radius 2 is 0.809 bits per heavy atom. The second-order valence-electron chi connectivity index (χ2n) is 11.7. The predicted molar refractivity (Wildman–Crippen MR) is 209 cm³/mol. The minimum atomic E-state index is -0.861. The summed E-state index contributed by atoms with van der Waals surface area (Å²) in [6.45, 7) is 0. The first kappa shape index (κ1) is 29.5. The van der Waals surface area contributed by atoms with Gasteiger partial charge in [-0.3, -0.25) is 0 Å². The highest BCUT2D eigenvalue weighted by molar-refractivity contribution is 7.80. The summed E-state index contributed by atoms with van der Waals surface area (Å²) in [7, 11) is -1.72. The van der Waals surface area contributed by atoms with E-state index >= 15 is 0 Å². The molecule has 0 bridgehead atoms. The molecular formula is C45H34P2. The van der Waals surface area contributed by atoms with Crippen molar-refractivity contribution in [1.82, 2.24) is 0 Å². The summed E-state index contributed by atoms with van der Waals surface area (Å²) in [4.78, 5) is 0. The Hall–Kier alpha value is -4.86. The Morgan fingerprint density at radius 1 is 0.362 bits per heavy atom. The van der Waals surface area contributed by atoms with Gasteiger partial charge >= 0.3 is 0 Å². The van der Waals surface area contributed by atoms with Crippen LogP contribution in [0.25, 0.3) is 34.1 Å². The molecule has 224 valence electrons. The van der Waals surface area contributed by atoms with Gasteiger partial charge in [0, 0.05) is 0 Å². The Morgan fingerprint density at radius 3 is 1.36 bits per heavy atom. The molecule has 0 nitrogen and oxygen atoms in total. The topological polar surface area (TPSA) is 0 Å². The lowest BCUT2D eigenvalue weighted by Crippen LogP contribution is -2.26. The molecule has 0 atom stereocenters. The molecule has 2 heteroatoms. The van der Waals surface area contributed by atoms with Gasteiger partial charge in [-0.05, 0) is 87.1 Å². The molecular weight excluding hydrogens is 602 g/mol. The minimum Gasteiger partial charge on any atom is -0.0801 e. The molecule has 8 rings (SSSR count). The molecule has 47 heavy (non-hydrogen) atoms. The summed E-state index contributed by atoms with van der Waals surface area (Å²) in [5.74, 6) is 0. The Kier molecular flexibility index (Phi) is 8.47. The lowest BCUT2D eigenvalue weighted by atomic mass is 9.91. The third-order valence-electron chi connectivity index (χ3n) is 8.81. The lowest BCUT2D eigenvalue weighted by Gasteiger charge is -2.29. The molecule has 0 unspecified atom stereocenters. The summed E-state index contributed by atoms with van der Waals surface area (Å²) >= 11 is 0. The van der Waals surface area contributed by atoms with E-state index in [0.717, 1.165) is 6.42 Å². The maximum Gasteiger partial charge on any atom is -0.000884 e. The Balaban J connectivity index is 1.53. The number of fused-ring (bicyclic) bond motifs is 2. The van der Waals surface area contributed by atoms with Crippen LogP contribution in [0, 0.1) is 0 Å². The fourth-order valence-electron chi connectivity index (χ4n) is 6.73. The van der Waals surface area contributed by atoms with Crippen molar-refractivity contribution in [2.24, 2.45) is 0 Å². The van der Waals surface area contributed by atoms with E-state index in [-0.39, 0.29) is 0 Å². The monoisotopic (exact) mass is 636 g/mol. The van der Waals surface area contributed by atoms with E-state index in [1.807, 2.05) is 0 Å². The molecule has 0 aliphatic heterocycles. The van der Waals surface area contributed by atoms with E-state index < -0.39 is 15.8 Å². The van der Waals surface area contributed by atoms with E-state index in [0.29, 0.717) is 0 Å². The van der Waals surface area contributed by atoms with Gasteiger partial charge in [0.2, 0.25) is 0 Å².